The highest BCUT2D eigenvalue weighted by Crippen LogP contribution is 2.34. The molecule has 1 amide bonds. The minimum absolute atomic E-state index is 0.0870. The van der Waals surface area contributed by atoms with Crippen LogP contribution in [0.25, 0.3) is 0 Å². The minimum atomic E-state index is -4.50. The topological polar surface area (TPSA) is 76.3 Å². The summed E-state index contributed by atoms with van der Waals surface area (Å²) in [5, 5.41) is 13.1. The first-order valence-electron chi connectivity index (χ1n) is 7.17. The SMILES string of the molecule is CC(=O)N(c1cccc(C(F)(F)F)c1)c1nc(/C=N\n2cnnc2)cs1. The Morgan fingerprint density at radius 1 is 1.31 bits per heavy atom. The predicted octanol–water partition coefficient (Wildman–Crippen LogP) is 3.32. The zero-order valence-corrected chi connectivity index (χ0v) is 14.1. The molecule has 134 valence electrons. The molecule has 3 aromatic rings. The number of nitrogens with zero attached hydrogens (tertiary/aromatic N) is 6. The van der Waals surface area contributed by atoms with Crippen LogP contribution in [0.1, 0.15) is 18.2 Å². The highest BCUT2D eigenvalue weighted by Gasteiger charge is 2.31. The van der Waals surface area contributed by atoms with Gasteiger partial charge in [-0.1, -0.05) is 6.07 Å². The van der Waals surface area contributed by atoms with E-state index in [-0.39, 0.29) is 10.8 Å². The Morgan fingerprint density at radius 2 is 2.04 bits per heavy atom. The normalized spacial score (nSPS) is 11.8. The number of rotatable bonds is 4. The van der Waals surface area contributed by atoms with Crippen molar-refractivity contribution >= 4 is 34.3 Å². The van der Waals surface area contributed by atoms with E-state index in [1.54, 1.807) is 5.38 Å². The standard InChI is InChI=1S/C15H11F3N6OS/c1-10(25)24(13-4-2-3-11(5-13)15(16,17)18)14-22-12(7-26-14)6-21-23-8-19-20-9-23/h2-9H,1H3/b21-6-. The lowest BCUT2D eigenvalue weighted by atomic mass is 10.2. The average Bonchev–Trinajstić information content (AvgIpc) is 3.24. The van der Waals surface area contributed by atoms with Crippen molar-refractivity contribution in [3.05, 3.63) is 53.6 Å². The Balaban J connectivity index is 1.91. The van der Waals surface area contributed by atoms with Crippen molar-refractivity contribution in [1.29, 1.82) is 0 Å². The highest BCUT2D eigenvalue weighted by molar-refractivity contribution is 7.14. The molecule has 0 aliphatic heterocycles. The van der Waals surface area contributed by atoms with Crippen LogP contribution in [-0.4, -0.2) is 32.0 Å². The summed E-state index contributed by atoms with van der Waals surface area (Å²) in [6.07, 6.45) is -0.311. The van der Waals surface area contributed by atoms with Gasteiger partial charge in [0.25, 0.3) is 0 Å². The average molecular weight is 380 g/mol. The van der Waals surface area contributed by atoms with Crippen LogP contribution in [0.15, 0.2) is 47.4 Å². The molecule has 0 unspecified atom stereocenters. The fourth-order valence-corrected chi connectivity index (χ4v) is 2.90. The third kappa shape index (κ3) is 3.94. The zero-order valence-electron chi connectivity index (χ0n) is 13.3. The Labute approximate surface area is 149 Å². The molecular formula is C15H11F3N6OS. The van der Waals surface area contributed by atoms with Crippen LogP contribution in [0.3, 0.4) is 0 Å². The van der Waals surface area contributed by atoms with E-state index in [0.717, 1.165) is 28.4 Å². The van der Waals surface area contributed by atoms with Gasteiger partial charge < -0.3 is 0 Å². The summed E-state index contributed by atoms with van der Waals surface area (Å²) in [4.78, 5) is 17.4. The lowest BCUT2D eigenvalue weighted by Crippen LogP contribution is -2.23. The van der Waals surface area contributed by atoms with Gasteiger partial charge in [0.2, 0.25) is 5.91 Å². The molecule has 0 aliphatic rings. The first-order valence-corrected chi connectivity index (χ1v) is 8.05. The number of hydrogen-bond donors (Lipinski definition) is 0. The van der Waals surface area contributed by atoms with Crippen LogP contribution >= 0.6 is 11.3 Å². The van der Waals surface area contributed by atoms with Gasteiger partial charge in [-0.3, -0.25) is 9.69 Å². The number of alkyl halides is 3. The first-order chi connectivity index (χ1) is 12.3. The summed E-state index contributed by atoms with van der Waals surface area (Å²) in [6.45, 7) is 1.26. The molecule has 2 aromatic heterocycles. The molecule has 0 fully saturated rings. The molecule has 11 heteroatoms. The summed E-state index contributed by atoms with van der Waals surface area (Å²) in [6, 6.07) is 4.52. The van der Waals surface area contributed by atoms with Gasteiger partial charge in [0.05, 0.1) is 23.2 Å². The van der Waals surface area contributed by atoms with Crippen molar-refractivity contribution in [2.24, 2.45) is 5.10 Å². The second-order valence-corrected chi connectivity index (χ2v) is 5.88. The third-order valence-corrected chi connectivity index (χ3v) is 4.02. The minimum Gasteiger partial charge on any atom is -0.274 e. The van der Waals surface area contributed by atoms with E-state index < -0.39 is 17.6 Å². The van der Waals surface area contributed by atoms with Gasteiger partial charge >= 0.3 is 6.18 Å². The van der Waals surface area contributed by atoms with Crippen molar-refractivity contribution in [2.45, 2.75) is 13.1 Å². The van der Waals surface area contributed by atoms with Crippen molar-refractivity contribution in [3.8, 4) is 0 Å². The van der Waals surface area contributed by atoms with Gasteiger partial charge in [0.1, 0.15) is 12.7 Å². The molecule has 0 saturated heterocycles. The smallest absolute Gasteiger partial charge is 0.274 e. The fourth-order valence-electron chi connectivity index (χ4n) is 2.07. The van der Waals surface area contributed by atoms with E-state index in [1.807, 2.05) is 0 Å². The van der Waals surface area contributed by atoms with Gasteiger partial charge in [-0.05, 0) is 18.2 Å². The van der Waals surface area contributed by atoms with Crippen molar-refractivity contribution in [2.75, 3.05) is 4.90 Å². The summed E-state index contributed by atoms with van der Waals surface area (Å²) in [5.41, 5.74) is -0.312. The first kappa shape index (κ1) is 17.7. The van der Waals surface area contributed by atoms with Gasteiger partial charge in [-0.25, -0.2) is 9.66 Å². The van der Waals surface area contributed by atoms with Gasteiger partial charge in [0.15, 0.2) is 5.13 Å². The lowest BCUT2D eigenvalue weighted by molar-refractivity contribution is -0.137. The number of thiazole rings is 1. The number of aromatic nitrogens is 4. The summed E-state index contributed by atoms with van der Waals surface area (Å²) >= 11 is 1.11. The number of carbonyl (C=O) groups is 1. The van der Waals surface area contributed by atoms with Crippen molar-refractivity contribution in [1.82, 2.24) is 19.9 Å². The number of carbonyl (C=O) groups excluding carboxylic acids is 1. The van der Waals surface area contributed by atoms with Crippen LogP contribution in [0.4, 0.5) is 24.0 Å². The Bertz CT molecular complexity index is 935. The van der Waals surface area contributed by atoms with E-state index >= 15 is 0 Å². The van der Waals surface area contributed by atoms with Crippen LogP contribution in [0.5, 0.6) is 0 Å². The molecule has 0 radical (unpaired) electrons. The van der Waals surface area contributed by atoms with E-state index in [0.29, 0.717) is 5.69 Å². The van der Waals surface area contributed by atoms with E-state index in [9.17, 15) is 18.0 Å². The molecule has 0 aliphatic carbocycles. The van der Waals surface area contributed by atoms with Gasteiger partial charge in [-0.15, -0.1) is 21.5 Å². The van der Waals surface area contributed by atoms with Gasteiger partial charge in [-0.2, -0.15) is 18.3 Å². The molecule has 3 rings (SSSR count). The quantitative estimate of drug-likeness (QED) is 0.651. The Kier molecular flexibility index (Phi) is 4.80. The lowest BCUT2D eigenvalue weighted by Gasteiger charge is -2.19. The molecule has 1 aromatic carbocycles. The van der Waals surface area contributed by atoms with Crippen molar-refractivity contribution < 1.29 is 18.0 Å². The van der Waals surface area contributed by atoms with E-state index in [2.05, 4.69) is 20.3 Å². The summed E-state index contributed by atoms with van der Waals surface area (Å²) in [7, 11) is 0. The number of amides is 1. The van der Waals surface area contributed by atoms with Crippen LogP contribution in [0.2, 0.25) is 0 Å². The second-order valence-electron chi connectivity index (χ2n) is 5.04. The maximum absolute atomic E-state index is 12.9. The maximum atomic E-state index is 12.9. The molecule has 0 saturated carbocycles. The second kappa shape index (κ2) is 7.04. The fraction of sp³-hybridized carbons (Fsp3) is 0.133. The summed E-state index contributed by atoms with van der Waals surface area (Å²) < 4.78 is 40.1. The molecule has 2 heterocycles. The Morgan fingerprint density at radius 3 is 2.69 bits per heavy atom. The molecular weight excluding hydrogens is 369 g/mol. The maximum Gasteiger partial charge on any atom is 0.416 e. The zero-order chi connectivity index (χ0) is 18.7. The largest absolute Gasteiger partial charge is 0.416 e. The molecule has 7 nitrogen and oxygen atoms in total. The molecule has 0 atom stereocenters. The number of hydrogen-bond acceptors (Lipinski definition) is 6. The number of benzene rings is 1. The predicted molar refractivity (Wildman–Crippen MR) is 89.4 cm³/mol. The number of halogens is 3. The molecule has 0 bridgehead atoms. The van der Waals surface area contributed by atoms with Crippen LogP contribution in [0, 0.1) is 0 Å². The van der Waals surface area contributed by atoms with Crippen LogP contribution < -0.4 is 4.90 Å². The van der Waals surface area contributed by atoms with E-state index in [1.165, 1.54) is 42.6 Å². The van der Waals surface area contributed by atoms with Gasteiger partial charge in [0, 0.05) is 12.3 Å². The highest BCUT2D eigenvalue weighted by atomic mass is 32.1. The molecule has 26 heavy (non-hydrogen) atoms. The molecule has 0 spiro atoms. The Hall–Kier alpha value is -3.08. The number of anilines is 2. The van der Waals surface area contributed by atoms with E-state index in [4.69, 9.17) is 0 Å². The van der Waals surface area contributed by atoms with Crippen LogP contribution in [-0.2, 0) is 11.0 Å². The summed E-state index contributed by atoms with van der Waals surface area (Å²) in [5.74, 6) is -0.457. The molecule has 0 N–H and O–H groups in total. The third-order valence-electron chi connectivity index (χ3n) is 3.18. The monoisotopic (exact) mass is 380 g/mol. The van der Waals surface area contributed by atoms with Crippen molar-refractivity contribution in [3.63, 3.8) is 0 Å².